The molecule has 7 heteroatoms. The van der Waals surface area contributed by atoms with Crippen molar-refractivity contribution in [2.24, 2.45) is 0 Å². The molecule has 0 saturated carbocycles. The first-order valence-electron chi connectivity index (χ1n) is 6.77. The van der Waals surface area contributed by atoms with Crippen LogP contribution in [0.25, 0.3) is 0 Å². The average Bonchev–Trinajstić information content (AvgIpc) is 2.99. The van der Waals surface area contributed by atoms with Crippen LogP contribution in [0.2, 0.25) is 0 Å². The maximum Gasteiger partial charge on any atom is 0.240 e. The van der Waals surface area contributed by atoms with E-state index in [0.717, 1.165) is 11.4 Å². The predicted octanol–water partition coefficient (Wildman–Crippen LogP) is 0.985. The molecule has 21 heavy (non-hydrogen) atoms. The molecule has 0 atom stereocenters. The van der Waals surface area contributed by atoms with E-state index in [1.54, 1.807) is 24.5 Å². The first-order chi connectivity index (χ1) is 10.1. The number of imidazole rings is 1. The number of hydrogen-bond donors (Lipinski definition) is 3. The highest BCUT2D eigenvalue weighted by atomic mass is 32.2. The predicted molar refractivity (Wildman–Crippen MR) is 79.2 cm³/mol. The molecule has 1 aromatic heterocycles. The van der Waals surface area contributed by atoms with Gasteiger partial charge in [-0.2, -0.15) is 0 Å². The van der Waals surface area contributed by atoms with Crippen LogP contribution in [0.4, 0.5) is 0 Å². The fraction of sp³-hybridized carbons (Fsp3) is 0.357. The van der Waals surface area contributed by atoms with Gasteiger partial charge in [0.15, 0.2) is 0 Å². The Morgan fingerprint density at radius 2 is 2.19 bits per heavy atom. The van der Waals surface area contributed by atoms with Gasteiger partial charge in [0.25, 0.3) is 0 Å². The van der Waals surface area contributed by atoms with Crippen molar-refractivity contribution in [1.29, 1.82) is 0 Å². The molecule has 0 saturated heterocycles. The van der Waals surface area contributed by atoms with E-state index in [2.05, 4.69) is 14.7 Å². The third kappa shape index (κ3) is 3.90. The summed E-state index contributed by atoms with van der Waals surface area (Å²) in [7, 11) is -3.59. The van der Waals surface area contributed by atoms with E-state index in [0.29, 0.717) is 18.4 Å². The van der Waals surface area contributed by atoms with Crippen LogP contribution in [0, 0.1) is 0 Å². The molecule has 0 spiro atoms. The Kier molecular flexibility index (Phi) is 5.11. The molecular formula is C14H19N3O3S. The number of hydrogen-bond acceptors (Lipinski definition) is 4. The molecule has 1 aromatic carbocycles. The van der Waals surface area contributed by atoms with Crippen LogP contribution in [0.15, 0.2) is 35.5 Å². The number of benzene rings is 1. The summed E-state index contributed by atoms with van der Waals surface area (Å²) in [6.45, 7) is 1.98. The summed E-state index contributed by atoms with van der Waals surface area (Å²) in [5.41, 5.74) is 1.32. The van der Waals surface area contributed by atoms with Gasteiger partial charge in [-0.3, -0.25) is 0 Å². The second-order valence-electron chi connectivity index (χ2n) is 4.64. The molecular weight excluding hydrogens is 290 g/mol. The molecule has 114 valence electrons. The van der Waals surface area contributed by atoms with Gasteiger partial charge >= 0.3 is 0 Å². The van der Waals surface area contributed by atoms with Gasteiger partial charge in [-0.1, -0.05) is 19.1 Å². The van der Waals surface area contributed by atoms with Crippen molar-refractivity contribution in [3.05, 3.63) is 47.5 Å². The van der Waals surface area contributed by atoms with Crippen molar-refractivity contribution >= 4 is 10.0 Å². The summed E-state index contributed by atoms with van der Waals surface area (Å²) in [5.74, 6) is 0.734. The summed E-state index contributed by atoms with van der Waals surface area (Å²) in [5, 5.41) is 9.16. The van der Waals surface area contributed by atoms with E-state index < -0.39 is 10.0 Å². The third-order valence-electron chi connectivity index (χ3n) is 3.19. The number of nitrogens with one attached hydrogen (secondary N) is 2. The van der Waals surface area contributed by atoms with Gasteiger partial charge in [-0.05, 0) is 23.6 Å². The smallest absolute Gasteiger partial charge is 0.240 e. The van der Waals surface area contributed by atoms with Gasteiger partial charge in [-0.15, -0.1) is 0 Å². The minimum Gasteiger partial charge on any atom is -0.392 e. The molecule has 2 aromatic rings. The highest BCUT2D eigenvalue weighted by Gasteiger charge is 2.18. The number of rotatable bonds is 7. The molecule has 0 aliphatic carbocycles. The Bertz CT molecular complexity index is 681. The number of nitrogens with zero attached hydrogens (tertiary/aromatic N) is 1. The number of aromatic amines is 1. The molecule has 0 amide bonds. The lowest BCUT2D eigenvalue weighted by molar-refractivity contribution is 0.281. The van der Waals surface area contributed by atoms with Crippen molar-refractivity contribution in [1.82, 2.24) is 14.7 Å². The standard InChI is InChI=1S/C14H19N3O3S/c1-2-12-4-3-11(10-18)9-13(12)21(19,20)17-6-5-14-15-7-8-16-14/h3-4,7-9,17-18H,2,5-6,10H2,1H3,(H,15,16). The number of aryl methyl sites for hydroxylation is 1. The first kappa shape index (κ1) is 15.7. The summed E-state index contributed by atoms with van der Waals surface area (Å²) in [4.78, 5) is 7.20. The Balaban J connectivity index is 2.14. The van der Waals surface area contributed by atoms with Crippen LogP contribution in [-0.2, 0) is 29.5 Å². The minimum absolute atomic E-state index is 0.182. The van der Waals surface area contributed by atoms with Gasteiger partial charge < -0.3 is 10.1 Å². The Morgan fingerprint density at radius 1 is 1.38 bits per heavy atom. The highest BCUT2D eigenvalue weighted by Crippen LogP contribution is 2.18. The Morgan fingerprint density at radius 3 is 2.81 bits per heavy atom. The lowest BCUT2D eigenvalue weighted by Gasteiger charge is -2.11. The van der Waals surface area contributed by atoms with E-state index in [1.165, 1.54) is 6.07 Å². The molecule has 1 heterocycles. The summed E-state index contributed by atoms with van der Waals surface area (Å²) in [6, 6.07) is 5.00. The fourth-order valence-electron chi connectivity index (χ4n) is 2.06. The van der Waals surface area contributed by atoms with Crippen LogP contribution in [0.5, 0.6) is 0 Å². The summed E-state index contributed by atoms with van der Waals surface area (Å²) < 4.78 is 27.3. The van der Waals surface area contributed by atoms with Crippen molar-refractivity contribution in [2.45, 2.75) is 31.3 Å². The lowest BCUT2D eigenvalue weighted by Crippen LogP contribution is -2.27. The number of aromatic nitrogens is 2. The van der Waals surface area contributed by atoms with E-state index in [1.807, 2.05) is 6.92 Å². The molecule has 6 nitrogen and oxygen atoms in total. The zero-order chi connectivity index (χ0) is 15.3. The SMILES string of the molecule is CCc1ccc(CO)cc1S(=O)(=O)NCCc1ncc[nH]1. The number of aliphatic hydroxyl groups is 1. The van der Waals surface area contributed by atoms with Gasteiger partial charge in [0, 0.05) is 25.4 Å². The zero-order valence-corrected chi connectivity index (χ0v) is 12.7. The van der Waals surface area contributed by atoms with Crippen molar-refractivity contribution in [2.75, 3.05) is 6.54 Å². The van der Waals surface area contributed by atoms with Crippen molar-refractivity contribution < 1.29 is 13.5 Å². The van der Waals surface area contributed by atoms with E-state index >= 15 is 0 Å². The fourth-order valence-corrected chi connectivity index (χ4v) is 3.45. The maximum absolute atomic E-state index is 12.4. The van der Waals surface area contributed by atoms with Crippen LogP contribution in [0.1, 0.15) is 23.9 Å². The molecule has 0 aliphatic heterocycles. The van der Waals surface area contributed by atoms with Gasteiger partial charge in [-0.25, -0.2) is 18.1 Å². The van der Waals surface area contributed by atoms with Crippen LogP contribution in [-0.4, -0.2) is 30.0 Å². The van der Waals surface area contributed by atoms with E-state index in [4.69, 9.17) is 5.11 Å². The second-order valence-corrected chi connectivity index (χ2v) is 6.37. The van der Waals surface area contributed by atoms with Gasteiger partial charge in [0.1, 0.15) is 5.82 Å². The minimum atomic E-state index is -3.59. The normalized spacial score (nSPS) is 11.7. The first-order valence-corrected chi connectivity index (χ1v) is 8.25. The molecule has 3 N–H and O–H groups in total. The van der Waals surface area contributed by atoms with E-state index in [9.17, 15) is 8.42 Å². The second kappa shape index (κ2) is 6.84. The number of H-pyrrole nitrogens is 1. The van der Waals surface area contributed by atoms with E-state index in [-0.39, 0.29) is 18.0 Å². The highest BCUT2D eigenvalue weighted by molar-refractivity contribution is 7.89. The quantitative estimate of drug-likeness (QED) is 0.710. The summed E-state index contributed by atoms with van der Waals surface area (Å²) >= 11 is 0. The van der Waals surface area contributed by atoms with Crippen LogP contribution < -0.4 is 4.72 Å². The molecule has 2 rings (SSSR count). The molecule has 0 aliphatic rings. The molecule has 0 bridgehead atoms. The average molecular weight is 309 g/mol. The van der Waals surface area contributed by atoms with Crippen molar-refractivity contribution in [3.8, 4) is 0 Å². The zero-order valence-electron chi connectivity index (χ0n) is 11.8. The maximum atomic E-state index is 12.4. The molecule has 0 fully saturated rings. The van der Waals surface area contributed by atoms with Crippen molar-refractivity contribution in [3.63, 3.8) is 0 Å². The Hall–Kier alpha value is -1.70. The van der Waals surface area contributed by atoms with Gasteiger partial charge in [0.2, 0.25) is 10.0 Å². The lowest BCUT2D eigenvalue weighted by atomic mass is 10.1. The monoisotopic (exact) mass is 309 g/mol. The third-order valence-corrected chi connectivity index (χ3v) is 4.74. The molecule has 0 unspecified atom stereocenters. The van der Waals surface area contributed by atoms with Crippen LogP contribution in [0.3, 0.4) is 0 Å². The largest absolute Gasteiger partial charge is 0.392 e. The number of sulfonamides is 1. The Labute approximate surface area is 124 Å². The van der Waals surface area contributed by atoms with Crippen LogP contribution >= 0.6 is 0 Å². The topological polar surface area (TPSA) is 95.1 Å². The number of aliphatic hydroxyl groups excluding tert-OH is 1. The molecule has 0 radical (unpaired) electrons. The van der Waals surface area contributed by atoms with Gasteiger partial charge in [0.05, 0.1) is 11.5 Å². The summed E-state index contributed by atoms with van der Waals surface area (Å²) in [6.07, 6.45) is 4.43.